The molecule has 0 radical (unpaired) electrons. The molecule has 3 saturated carbocycles. The molecule has 7 rings (SSSR count). The summed E-state index contributed by atoms with van der Waals surface area (Å²) in [6.07, 6.45) is 14.9. The van der Waals surface area contributed by atoms with Crippen LogP contribution < -0.4 is 0 Å². The van der Waals surface area contributed by atoms with Crippen molar-refractivity contribution in [2.24, 2.45) is 34.5 Å². The summed E-state index contributed by atoms with van der Waals surface area (Å²) in [6.45, 7) is 8.58. The van der Waals surface area contributed by atoms with Crippen LogP contribution in [0.4, 0.5) is 0 Å². The Balaban J connectivity index is 0.000000306. The van der Waals surface area contributed by atoms with Crippen molar-refractivity contribution in [3.8, 4) is 0 Å². The molecule has 5 heteroatoms. The van der Waals surface area contributed by atoms with Crippen molar-refractivity contribution in [2.45, 2.75) is 102 Å². The number of allylic oxidation sites excluding steroid dienone is 1. The van der Waals surface area contributed by atoms with Gasteiger partial charge in [-0.2, -0.15) is 0 Å². The number of hydrogen-bond donors (Lipinski definition) is 0. The van der Waals surface area contributed by atoms with Gasteiger partial charge in [-0.05, 0) is 115 Å². The lowest BCUT2D eigenvalue weighted by Gasteiger charge is -2.61. The Bertz CT molecular complexity index is 1440. The van der Waals surface area contributed by atoms with Gasteiger partial charge in [0.1, 0.15) is 5.60 Å². The van der Waals surface area contributed by atoms with Gasteiger partial charge in [0.25, 0.3) is 0 Å². The zero-order chi connectivity index (χ0) is 31.8. The smallest absolute Gasteiger partial charge is 0.306 e. The van der Waals surface area contributed by atoms with Gasteiger partial charge in [0, 0.05) is 30.0 Å². The standard InChI is InChI=1S/C31H39ClO3.C9H9Cl/c1-29-13-9-24(33)18-23(29)17-22(8-7-20-3-5-21(19-32)6-4-20)28-25(29)10-14-30(2)26(28)11-15-31(30)16-12-27(34)35-31;1-2-8-3-5-9(7-10)6-4-8/h3-6,18,22,25-26,28H,7-17,19H2,1-2H3;2-6H,1,7H2/t22-,25+,26+,28-,29+,30+,31-;/m1./s1. The number of carbonyl (C=O) groups is 2. The highest BCUT2D eigenvalue weighted by molar-refractivity contribution is 6.17. The van der Waals surface area contributed by atoms with Crippen LogP contribution in [0.5, 0.6) is 0 Å². The van der Waals surface area contributed by atoms with Crippen molar-refractivity contribution in [2.75, 3.05) is 0 Å². The second-order valence-corrected chi connectivity index (χ2v) is 15.4. The highest BCUT2D eigenvalue weighted by atomic mass is 35.5. The number of rotatable bonds is 6. The van der Waals surface area contributed by atoms with Crippen molar-refractivity contribution >= 4 is 41.0 Å². The minimum atomic E-state index is -0.235. The summed E-state index contributed by atoms with van der Waals surface area (Å²) < 4.78 is 6.19. The van der Waals surface area contributed by atoms with Crippen molar-refractivity contribution in [1.82, 2.24) is 0 Å². The molecule has 7 atom stereocenters. The maximum absolute atomic E-state index is 12.5. The SMILES string of the molecule is C=Cc1ccc(CCl)cc1.C[C@]12CCC(=O)C=C1C[C@@H](CCc1ccc(CCl)cc1)[C@@H]1[C@@H]2CC[C@@]2(C)[C@H]1CC[C@@]21CCC(=O)O1. The molecule has 1 spiro atoms. The topological polar surface area (TPSA) is 43.4 Å². The molecule has 4 fully saturated rings. The summed E-state index contributed by atoms with van der Waals surface area (Å²) in [5.74, 6) is 3.93. The molecule has 0 bridgehead atoms. The third-order valence-corrected chi connectivity index (χ3v) is 13.4. The normalized spacial score (nSPS) is 35.0. The molecule has 240 valence electrons. The summed E-state index contributed by atoms with van der Waals surface area (Å²) in [7, 11) is 0. The number of esters is 1. The van der Waals surface area contributed by atoms with Gasteiger partial charge in [-0.15, -0.1) is 23.2 Å². The van der Waals surface area contributed by atoms with Gasteiger partial charge in [-0.1, -0.05) is 80.6 Å². The van der Waals surface area contributed by atoms with Crippen molar-refractivity contribution in [3.05, 3.63) is 89.0 Å². The number of aryl methyl sites for hydroxylation is 1. The first-order valence-electron chi connectivity index (χ1n) is 17.0. The van der Waals surface area contributed by atoms with E-state index < -0.39 is 0 Å². The molecule has 0 aromatic heterocycles. The van der Waals surface area contributed by atoms with E-state index in [0.717, 1.165) is 56.1 Å². The van der Waals surface area contributed by atoms with E-state index >= 15 is 0 Å². The lowest BCUT2D eigenvalue weighted by Crippen LogP contribution is -2.57. The van der Waals surface area contributed by atoms with Crippen LogP contribution in [0.1, 0.15) is 100 Å². The molecule has 1 heterocycles. The van der Waals surface area contributed by atoms with Crippen LogP contribution in [0.3, 0.4) is 0 Å². The van der Waals surface area contributed by atoms with E-state index in [4.69, 9.17) is 27.9 Å². The van der Waals surface area contributed by atoms with Gasteiger partial charge in [0.05, 0.1) is 0 Å². The maximum atomic E-state index is 12.5. The van der Waals surface area contributed by atoms with Gasteiger partial charge < -0.3 is 4.74 Å². The predicted octanol–water partition coefficient (Wildman–Crippen LogP) is 10.3. The van der Waals surface area contributed by atoms with Crippen LogP contribution in [-0.2, 0) is 32.5 Å². The van der Waals surface area contributed by atoms with Crippen LogP contribution in [-0.4, -0.2) is 17.4 Å². The summed E-state index contributed by atoms with van der Waals surface area (Å²) >= 11 is 11.6. The molecular formula is C40H48Cl2O3. The number of fused-ring (bicyclic) bond motifs is 6. The first-order valence-corrected chi connectivity index (χ1v) is 18.1. The van der Waals surface area contributed by atoms with E-state index in [2.05, 4.69) is 44.7 Å². The van der Waals surface area contributed by atoms with Crippen LogP contribution in [0, 0.1) is 34.5 Å². The Kier molecular flexibility index (Phi) is 9.44. The van der Waals surface area contributed by atoms with E-state index in [1.54, 1.807) is 0 Å². The van der Waals surface area contributed by atoms with Gasteiger partial charge >= 0.3 is 5.97 Å². The van der Waals surface area contributed by atoms with Crippen molar-refractivity contribution < 1.29 is 14.3 Å². The average molecular weight is 648 g/mol. The highest BCUT2D eigenvalue weighted by Gasteiger charge is 2.68. The molecule has 0 amide bonds. The highest BCUT2D eigenvalue weighted by Crippen LogP contribution is 2.71. The third kappa shape index (κ3) is 5.98. The Morgan fingerprint density at radius 1 is 0.844 bits per heavy atom. The number of alkyl halides is 2. The summed E-state index contributed by atoms with van der Waals surface area (Å²) in [4.78, 5) is 24.7. The molecule has 2 aromatic carbocycles. The largest absolute Gasteiger partial charge is 0.458 e. The van der Waals surface area contributed by atoms with E-state index in [-0.39, 0.29) is 22.4 Å². The quantitative estimate of drug-likeness (QED) is 0.232. The zero-order valence-corrected chi connectivity index (χ0v) is 28.5. The predicted molar refractivity (Wildman–Crippen MR) is 184 cm³/mol. The Labute approximate surface area is 279 Å². The molecule has 5 aliphatic rings. The molecule has 45 heavy (non-hydrogen) atoms. The van der Waals surface area contributed by atoms with Gasteiger partial charge in [0.15, 0.2) is 5.78 Å². The number of carbonyl (C=O) groups excluding carboxylic acids is 2. The minimum Gasteiger partial charge on any atom is -0.458 e. The van der Waals surface area contributed by atoms with Crippen LogP contribution >= 0.6 is 23.2 Å². The third-order valence-electron chi connectivity index (χ3n) is 12.8. The summed E-state index contributed by atoms with van der Waals surface area (Å²) in [6, 6.07) is 16.8. The fourth-order valence-electron chi connectivity index (χ4n) is 10.2. The number of hydrogen-bond acceptors (Lipinski definition) is 3. The number of halogens is 2. The molecule has 3 nitrogen and oxygen atoms in total. The van der Waals surface area contributed by atoms with E-state index in [1.165, 1.54) is 29.5 Å². The van der Waals surface area contributed by atoms with Gasteiger partial charge in [0.2, 0.25) is 0 Å². The first-order chi connectivity index (χ1) is 21.6. The summed E-state index contributed by atoms with van der Waals surface area (Å²) in [5.41, 5.74) is 6.26. The zero-order valence-electron chi connectivity index (χ0n) is 27.0. The molecule has 1 saturated heterocycles. The summed E-state index contributed by atoms with van der Waals surface area (Å²) in [5, 5.41) is 0. The Morgan fingerprint density at radius 3 is 2.11 bits per heavy atom. The van der Waals surface area contributed by atoms with Gasteiger partial charge in [-0.3, -0.25) is 9.59 Å². The lowest BCUT2D eigenvalue weighted by molar-refractivity contribution is -0.171. The number of ketones is 1. The van der Waals surface area contributed by atoms with Crippen LogP contribution in [0.2, 0.25) is 0 Å². The Morgan fingerprint density at radius 2 is 1.49 bits per heavy atom. The first kappa shape index (κ1) is 32.6. The lowest BCUT2D eigenvalue weighted by atomic mass is 9.43. The monoisotopic (exact) mass is 646 g/mol. The van der Waals surface area contributed by atoms with Crippen molar-refractivity contribution in [3.63, 3.8) is 0 Å². The van der Waals surface area contributed by atoms with Crippen molar-refractivity contribution in [1.29, 1.82) is 0 Å². The Hall–Kier alpha value is -2.36. The number of benzene rings is 2. The van der Waals surface area contributed by atoms with Gasteiger partial charge in [-0.25, -0.2) is 0 Å². The van der Waals surface area contributed by atoms with E-state index in [9.17, 15) is 9.59 Å². The molecule has 4 aliphatic carbocycles. The molecule has 2 aromatic rings. The molecule has 0 unspecified atom stereocenters. The fraction of sp³-hybridized carbons (Fsp3) is 0.550. The molecule has 1 aliphatic heterocycles. The maximum Gasteiger partial charge on any atom is 0.306 e. The second-order valence-electron chi connectivity index (χ2n) is 14.8. The molecule has 0 N–H and O–H groups in total. The van der Waals surface area contributed by atoms with E-state index in [1.807, 2.05) is 36.4 Å². The molecular weight excluding hydrogens is 599 g/mol. The second kappa shape index (κ2) is 13.0. The van der Waals surface area contributed by atoms with Crippen LogP contribution in [0.25, 0.3) is 6.08 Å². The van der Waals surface area contributed by atoms with E-state index in [0.29, 0.717) is 54.1 Å². The average Bonchev–Trinajstić information content (AvgIpc) is 3.59. The van der Waals surface area contributed by atoms with Crippen LogP contribution in [0.15, 0.2) is 66.8 Å². The fourth-order valence-corrected chi connectivity index (χ4v) is 10.5. The minimum absolute atomic E-state index is 0.0116. The number of ether oxygens (including phenoxy) is 1.